The fraction of sp³-hybridized carbons (Fsp3) is 0.375. The van der Waals surface area contributed by atoms with Gasteiger partial charge in [0, 0.05) is 17.5 Å². The van der Waals surface area contributed by atoms with E-state index in [2.05, 4.69) is 10.6 Å². The van der Waals surface area contributed by atoms with Gasteiger partial charge in [-0.15, -0.1) is 0 Å². The molecule has 2 N–H and O–H groups in total. The first-order chi connectivity index (χ1) is 12.3. The number of amides is 2. The third kappa shape index (κ3) is 3.68. The number of urea groups is 1. The number of nitro benzene ring substituents is 1. The summed E-state index contributed by atoms with van der Waals surface area (Å²) >= 11 is 0. The number of rotatable bonds is 6. The fourth-order valence-electron chi connectivity index (χ4n) is 2.55. The SMILES string of the molecule is CCCOC(=O)C1=C(C)NC(=O)N[C@@H]1c1cc(OC)c([O-])c([N+](=O)[O-])c1. The van der Waals surface area contributed by atoms with Crippen molar-refractivity contribution in [3.05, 3.63) is 39.1 Å². The number of nitrogens with one attached hydrogen (secondary N) is 2. The minimum atomic E-state index is -1.03. The quantitative estimate of drug-likeness (QED) is 0.439. The molecule has 1 aliphatic heterocycles. The molecule has 1 aromatic rings. The maximum Gasteiger partial charge on any atom is 0.338 e. The molecule has 1 atom stereocenters. The molecule has 140 valence electrons. The van der Waals surface area contributed by atoms with Gasteiger partial charge in [0.2, 0.25) is 0 Å². The zero-order valence-electron chi connectivity index (χ0n) is 14.5. The number of ether oxygens (including phenoxy) is 2. The van der Waals surface area contributed by atoms with Crippen LogP contribution in [-0.2, 0) is 9.53 Å². The van der Waals surface area contributed by atoms with Gasteiger partial charge in [0.15, 0.2) is 0 Å². The molecule has 1 aromatic carbocycles. The first kappa shape index (κ1) is 19.0. The summed E-state index contributed by atoms with van der Waals surface area (Å²) in [5, 5.41) is 28.1. The molecule has 0 spiro atoms. The maximum atomic E-state index is 12.4. The molecule has 0 bridgehead atoms. The summed E-state index contributed by atoms with van der Waals surface area (Å²) in [5.41, 5.74) is -0.211. The summed E-state index contributed by atoms with van der Waals surface area (Å²) in [6, 6.07) is 0.654. The third-order valence-corrected chi connectivity index (χ3v) is 3.73. The van der Waals surface area contributed by atoms with E-state index in [0.29, 0.717) is 6.42 Å². The largest absolute Gasteiger partial charge is 0.865 e. The number of hydrogen-bond acceptors (Lipinski definition) is 7. The van der Waals surface area contributed by atoms with Crippen LogP contribution in [0.5, 0.6) is 11.5 Å². The monoisotopic (exact) mass is 364 g/mol. The van der Waals surface area contributed by atoms with E-state index in [1.165, 1.54) is 20.1 Å². The molecule has 0 unspecified atom stereocenters. The maximum absolute atomic E-state index is 12.4. The molecule has 26 heavy (non-hydrogen) atoms. The summed E-state index contributed by atoms with van der Waals surface area (Å²) in [4.78, 5) is 34.6. The van der Waals surface area contributed by atoms with E-state index in [1.54, 1.807) is 0 Å². The molecule has 10 heteroatoms. The molecule has 0 aromatic heterocycles. The molecule has 1 aliphatic rings. The Labute approximate surface area is 148 Å². The molecule has 10 nitrogen and oxygen atoms in total. The van der Waals surface area contributed by atoms with E-state index in [4.69, 9.17) is 9.47 Å². The van der Waals surface area contributed by atoms with Crippen molar-refractivity contribution in [1.29, 1.82) is 0 Å². The smallest absolute Gasteiger partial charge is 0.338 e. The minimum Gasteiger partial charge on any atom is -0.865 e. The molecule has 0 saturated heterocycles. The van der Waals surface area contributed by atoms with Crippen LogP contribution in [0.25, 0.3) is 0 Å². The summed E-state index contributed by atoms with van der Waals surface area (Å²) in [7, 11) is 1.20. The van der Waals surface area contributed by atoms with Crippen molar-refractivity contribution in [3.63, 3.8) is 0 Å². The van der Waals surface area contributed by atoms with Crippen molar-refractivity contribution in [3.8, 4) is 11.5 Å². The molecular formula is C16H18N3O7-. The molecule has 2 rings (SSSR count). The highest BCUT2D eigenvalue weighted by molar-refractivity contribution is 5.95. The molecule has 0 radical (unpaired) electrons. The van der Waals surface area contributed by atoms with Gasteiger partial charge in [-0.3, -0.25) is 10.1 Å². The first-order valence-electron chi connectivity index (χ1n) is 7.78. The summed E-state index contributed by atoms with van der Waals surface area (Å²) in [6.45, 7) is 3.52. The Morgan fingerprint density at radius 2 is 2.08 bits per heavy atom. The van der Waals surface area contributed by atoms with Crippen LogP contribution < -0.4 is 20.5 Å². The predicted octanol–water partition coefficient (Wildman–Crippen LogP) is 1.26. The average molecular weight is 364 g/mol. The highest BCUT2D eigenvalue weighted by atomic mass is 16.6. The van der Waals surface area contributed by atoms with Crippen molar-refractivity contribution >= 4 is 17.7 Å². The van der Waals surface area contributed by atoms with Gasteiger partial charge in [0.05, 0.1) is 30.3 Å². The van der Waals surface area contributed by atoms with Gasteiger partial charge in [0.1, 0.15) is 5.75 Å². The number of nitro groups is 1. The molecule has 0 saturated carbocycles. The van der Waals surface area contributed by atoms with Gasteiger partial charge in [-0.05, 0) is 25.0 Å². The summed E-state index contributed by atoms with van der Waals surface area (Å²) in [6.07, 6.45) is 0.604. The van der Waals surface area contributed by atoms with Crippen molar-refractivity contribution in [1.82, 2.24) is 10.6 Å². The van der Waals surface area contributed by atoms with Gasteiger partial charge in [-0.2, -0.15) is 0 Å². The van der Waals surface area contributed by atoms with Crippen LogP contribution in [0.2, 0.25) is 0 Å². The number of esters is 1. The second kappa shape index (κ2) is 7.72. The Morgan fingerprint density at radius 3 is 2.65 bits per heavy atom. The summed E-state index contributed by atoms with van der Waals surface area (Å²) < 4.78 is 10.0. The van der Waals surface area contributed by atoms with E-state index in [-0.39, 0.29) is 29.2 Å². The number of allylic oxidation sites excluding steroid dienone is 1. The van der Waals surface area contributed by atoms with Crippen molar-refractivity contribution in [2.24, 2.45) is 0 Å². The van der Waals surface area contributed by atoms with Crippen LogP contribution in [0.15, 0.2) is 23.4 Å². The minimum absolute atomic E-state index is 0.0908. The van der Waals surface area contributed by atoms with Gasteiger partial charge in [-0.25, -0.2) is 9.59 Å². The van der Waals surface area contributed by atoms with Crippen molar-refractivity contribution in [2.75, 3.05) is 13.7 Å². The lowest BCUT2D eigenvalue weighted by Gasteiger charge is -2.28. The van der Waals surface area contributed by atoms with E-state index in [9.17, 15) is 24.8 Å². The topological polar surface area (TPSA) is 143 Å². The first-order valence-corrected chi connectivity index (χ1v) is 7.78. The number of carbonyl (C=O) groups is 2. The fourth-order valence-corrected chi connectivity index (χ4v) is 2.55. The molecule has 0 fully saturated rings. The number of methoxy groups -OCH3 is 1. The molecular weight excluding hydrogens is 346 g/mol. The van der Waals surface area contributed by atoms with Gasteiger partial charge >= 0.3 is 12.0 Å². The van der Waals surface area contributed by atoms with Crippen molar-refractivity contribution in [2.45, 2.75) is 26.3 Å². The Bertz CT molecular complexity index is 788. The predicted molar refractivity (Wildman–Crippen MR) is 87.5 cm³/mol. The second-order valence-corrected chi connectivity index (χ2v) is 5.53. The number of carbonyl (C=O) groups excluding carboxylic acids is 2. The van der Waals surface area contributed by atoms with Crippen molar-refractivity contribution < 1.29 is 29.1 Å². The normalized spacial score (nSPS) is 16.6. The van der Waals surface area contributed by atoms with Crippen LogP contribution >= 0.6 is 0 Å². The lowest BCUT2D eigenvalue weighted by molar-refractivity contribution is -0.398. The summed E-state index contributed by atoms with van der Waals surface area (Å²) in [5.74, 6) is -1.83. The van der Waals surface area contributed by atoms with E-state index in [0.717, 1.165) is 6.07 Å². The Hall–Kier alpha value is -3.30. The number of nitrogens with zero attached hydrogens (tertiary/aromatic N) is 1. The average Bonchev–Trinajstić information content (AvgIpc) is 2.58. The lowest BCUT2D eigenvalue weighted by atomic mass is 9.94. The van der Waals surface area contributed by atoms with E-state index < -0.39 is 34.4 Å². The van der Waals surface area contributed by atoms with Crippen LogP contribution in [0.1, 0.15) is 31.9 Å². The highest BCUT2D eigenvalue weighted by Gasteiger charge is 2.33. The van der Waals surface area contributed by atoms with Gasteiger partial charge in [-0.1, -0.05) is 6.92 Å². The third-order valence-electron chi connectivity index (χ3n) is 3.73. The molecule has 2 amide bonds. The molecule has 0 aliphatic carbocycles. The van der Waals surface area contributed by atoms with Crippen LogP contribution in [0.4, 0.5) is 10.5 Å². The number of hydrogen-bond donors (Lipinski definition) is 2. The van der Waals surface area contributed by atoms with E-state index >= 15 is 0 Å². The standard InChI is InChI=1S/C16H19N3O7/c1-4-5-26-15(21)12-8(2)17-16(22)18-13(12)9-6-10(19(23)24)14(20)11(7-9)25-3/h6-7,13,20H,4-5H2,1-3H3,(H2,17,18,22)/p-1/t13-/m1/s1. The van der Waals surface area contributed by atoms with Gasteiger partial charge in [0.25, 0.3) is 5.69 Å². The lowest BCUT2D eigenvalue weighted by Crippen LogP contribution is -2.45. The van der Waals surface area contributed by atoms with E-state index in [1.807, 2.05) is 6.92 Å². The zero-order chi connectivity index (χ0) is 19.4. The number of benzene rings is 1. The zero-order valence-corrected chi connectivity index (χ0v) is 14.5. The van der Waals surface area contributed by atoms with Crippen LogP contribution in [-0.4, -0.2) is 30.6 Å². The molecule has 1 heterocycles. The van der Waals surface area contributed by atoms with Crippen LogP contribution in [0.3, 0.4) is 0 Å². The Morgan fingerprint density at radius 1 is 1.38 bits per heavy atom. The Kier molecular flexibility index (Phi) is 5.65. The van der Waals surface area contributed by atoms with Crippen LogP contribution in [0, 0.1) is 10.1 Å². The van der Waals surface area contributed by atoms with Gasteiger partial charge < -0.3 is 25.2 Å². The highest BCUT2D eigenvalue weighted by Crippen LogP contribution is 2.39. The Balaban J connectivity index is 2.57. The second-order valence-electron chi connectivity index (χ2n) is 5.53.